The minimum atomic E-state index is -0.0889. The zero-order chi connectivity index (χ0) is 12.9. The predicted octanol–water partition coefficient (Wildman–Crippen LogP) is 1.60. The summed E-state index contributed by atoms with van der Waals surface area (Å²) in [6.07, 6.45) is 7.69. The van der Waals surface area contributed by atoms with Gasteiger partial charge in [-0.15, -0.1) is 6.58 Å². The highest BCUT2D eigenvalue weighted by atomic mass is 16.5. The normalized spacial score (nSPS) is 12.1. The number of amides is 1. The minimum absolute atomic E-state index is 0.0889. The first-order chi connectivity index (χ1) is 8.20. The average molecular weight is 242 g/mol. The molecule has 0 rings (SSSR count). The Morgan fingerprint density at radius 2 is 2.24 bits per heavy atom. The van der Waals surface area contributed by atoms with E-state index < -0.39 is 0 Å². The molecule has 17 heavy (non-hydrogen) atoms. The van der Waals surface area contributed by atoms with Crippen molar-refractivity contribution in [3.05, 3.63) is 12.7 Å². The van der Waals surface area contributed by atoms with Crippen molar-refractivity contribution >= 4 is 5.91 Å². The van der Waals surface area contributed by atoms with Crippen molar-refractivity contribution in [2.24, 2.45) is 5.73 Å². The SMILES string of the molecule is C=CCCCCCC(C)OCC(=O)NCCN. The maximum Gasteiger partial charge on any atom is 0.246 e. The van der Waals surface area contributed by atoms with Crippen molar-refractivity contribution in [1.82, 2.24) is 5.32 Å². The molecule has 0 heterocycles. The van der Waals surface area contributed by atoms with Crippen LogP contribution in [-0.2, 0) is 9.53 Å². The van der Waals surface area contributed by atoms with Crippen molar-refractivity contribution in [3.63, 3.8) is 0 Å². The number of carbonyl (C=O) groups excluding carboxylic acids is 1. The van der Waals surface area contributed by atoms with Crippen LogP contribution in [0.4, 0.5) is 0 Å². The molecule has 0 aliphatic heterocycles. The smallest absolute Gasteiger partial charge is 0.246 e. The van der Waals surface area contributed by atoms with Gasteiger partial charge in [-0.05, 0) is 26.2 Å². The number of allylic oxidation sites excluding steroid dienone is 1. The van der Waals surface area contributed by atoms with Crippen molar-refractivity contribution in [1.29, 1.82) is 0 Å². The Morgan fingerprint density at radius 1 is 1.47 bits per heavy atom. The van der Waals surface area contributed by atoms with Crippen LogP contribution in [0.1, 0.15) is 39.0 Å². The topological polar surface area (TPSA) is 64.3 Å². The first-order valence-electron chi connectivity index (χ1n) is 6.40. The molecule has 0 aliphatic carbocycles. The predicted molar refractivity (Wildman–Crippen MR) is 70.8 cm³/mol. The molecule has 4 nitrogen and oxygen atoms in total. The molecule has 1 amide bonds. The quantitative estimate of drug-likeness (QED) is 0.427. The Hall–Kier alpha value is -0.870. The summed E-state index contributed by atoms with van der Waals surface area (Å²) in [6.45, 7) is 6.80. The van der Waals surface area contributed by atoms with Gasteiger partial charge in [0.05, 0.1) is 6.10 Å². The van der Waals surface area contributed by atoms with Crippen LogP contribution < -0.4 is 11.1 Å². The summed E-state index contributed by atoms with van der Waals surface area (Å²) in [7, 11) is 0. The Balaban J connectivity index is 3.36. The van der Waals surface area contributed by atoms with E-state index >= 15 is 0 Å². The van der Waals surface area contributed by atoms with Gasteiger partial charge in [-0.2, -0.15) is 0 Å². The number of unbranched alkanes of at least 4 members (excludes halogenated alkanes) is 3. The van der Waals surface area contributed by atoms with E-state index in [2.05, 4.69) is 11.9 Å². The fourth-order valence-corrected chi connectivity index (χ4v) is 1.46. The van der Waals surface area contributed by atoms with Crippen molar-refractivity contribution in [3.8, 4) is 0 Å². The van der Waals surface area contributed by atoms with E-state index in [1.807, 2.05) is 13.0 Å². The third-order valence-corrected chi connectivity index (χ3v) is 2.48. The molecular formula is C13H26N2O2. The van der Waals surface area contributed by atoms with Crippen molar-refractivity contribution in [2.45, 2.75) is 45.1 Å². The van der Waals surface area contributed by atoms with E-state index in [0.29, 0.717) is 13.1 Å². The van der Waals surface area contributed by atoms with Crippen molar-refractivity contribution in [2.75, 3.05) is 19.7 Å². The number of ether oxygens (including phenoxy) is 1. The van der Waals surface area contributed by atoms with Crippen molar-refractivity contribution < 1.29 is 9.53 Å². The molecule has 0 spiro atoms. The Bertz CT molecular complexity index is 208. The lowest BCUT2D eigenvalue weighted by atomic mass is 10.1. The molecule has 0 aromatic carbocycles. The third kappa shape index (κ3) is 11.4. The summed E-state index contributed by atoms with van der Waals surface area (Å²) in [5, 5.41) is 2.67. The second kappa shape index (κ2) is 11.6. The molecule has 4 heteroatoms. The number of hydrogen-bond acceptors (Lipinski definition) is 3. The van der Waals surface area contributed by atoms with Crippen LogP contribution in [0.25, 0.3) is 0 Å². The molecule has 0 bridgehead atoms. The molecule has 0 aromatic rings. The Morgan fingerprint density at radius 3 is 2.88 bits per heavy atom. The zero-order valence-corrected chi connectivity index (χ0v) is 10.9. The Labute approximate surface area is 105 Å². The lowest BCUT2D eigenvalue weighted by molar-refractivity contribution is -0.127. The van der Waals surface area contributed by atoms with Crippen LogP contribution in [0.15, 0.2) is 12.7 Å². The highest BCUT2D eigenvalue weighted by molar-refractivity contribution is 5.77. The number of hydrogen-bond donors (Lipinski definition) is 2. The van der Waals surface area contributed by atoms with Gasteiger partial charge in [0, 0.05) is 13.1 Å². The van der Waals surface area contributed by atoms with Crippen LogP contribution in [0.2, 0.25) is 0 Å². The van der Waals surface area contributed by atoms with Crippen LogP contribution in [-0.4, -0.2) is 31.7 Å². The molecule has 3 N–H and O–H groups in total. The standard InChI is InChI=1S/C13H26N2O2/c1-3-4-5-6-7-8-12(2)17-11-13(16)15-10-9-14/h3,12H,1,4-11,14H2,2H3,(H,15,16). The van der Waals surface area contributed by atoms with E-state index in [4.69, 9.17) is 10.5 Å². The van der Waals surface area contributed by atoms with Gasteiger partial charge >= 0.3 is 0 Å². The maximum absolute atomic E-state index is 11.2. The van der Waals surface area contributed by atoms with Gasteiger partial charge in [-0.3, -0.25) is 4.79 Å². The van der Waals surface area contributed by atoms with Gasteiger partial charge in [0.15, 0.2) is 0 Å². The molecule has 1 unspecified atom stereocenters. The first kappa shape index (κ1) is 16.1. The number of nitrogens with one attached hydrogen (secondary N) is 1. The molecule has 0 saturated carbocycles. The molecule has 0 fully saturated rings. The highest BCUT2D eigenvalue weighted by Crippen LogP contribution is 2.07. The minimum Gasteiger partial charge on any atom is -0.369 e. The van der Waals surface area contributed by atoms with E-state index in [0.717, 1.165) is 19.3 Å². The van der Waals surface area contributed by atoms with Crippen LogP contribution in [0.3, 0.4) is 0 Å². The van der Waals surface area contributed by atoms with Gasteiger partial charge in [-0.1, -0.05) is 18.9 Å². The van der Waals surface area contributed by atoms with E-state index in [9.17, 15) is 4.79 Å². The van der Waals surface area contributed by atoms with Gasteiger partial charge < -0.3 is 15.8 Å². The number of carbonyl (C=O) groups is 1. The molecular weight excluding hydrogens is 216 g/mol. The average Bonchev–Trinajstić information content (AvgIpc) is 2.33. The number of rotatable bonds is 11. The monoisotopic (exact) mass is 242 g/mol. The largest absolute Gasteiger partial charge is 0.369 e. The molecule has 0 aromatic heterocycles. The van der Waals surface area contributed by atoms with Gasteiger partial charge in [0.25, 0.3) is 0 Å². The van der Waals surface area contributed by atoms with Crippen LogP contribution in [0.5, 0.6) is 0 Å². The summed E-state index contributed by atoms with van der Waals surface area (Å²) < 4.78 is 5.43. The summed E-state index contributed by atoms with van der Waals surface area (Å²) in [4.78, 5) is 11.2. The lowest BCUT2D eigenvalue weighted by Crippen LogP contribution is -2.33. The third-order valence-electron chi connectivity index (χ3n) is 2.48. The zero-order valence-electron chi connectivity index (χ0n) is 10.9. The maximum atomic E-state index is 11.2. The fraction of sp³-hybridized carbons (Fsp3) is 0.769. The number of nitrogens with two attached hydrogens (primary N) is 1. The van der Waals surface area contributed by atoms with E-state index in [1.54, 1.807) is 0 Å². The van der Waals surface area contributed by atoms with E-state index in [1.165, 1.54) is 12.8 Å². The Kier molecular flexibility index (Phi) is 11.0. The molecule has 100 valence electrons. The fourth-order valence-electron chi connectivity index (χ4n) is 1.46. The lowest BCUT2D eigenvalue weighted by Gasteiger charge is -2.12. The second-order valence-corrected chi connectivity index (χ2v) is 4.19. The second-order valence-electron chi connectivity index (χ2n) is 4.19. The first-order valence-corrected chi connectivity index (χ1v) is 6.40. The molecule has 0 aliphatic rings. The van der Waals surface area contributed by atoms with Gasteiger partial charge in [0.2, 0.25) is 5.91 Å². The van der Waals surface area contributed by atoms with Gasteiger partial charge in [-0.25, -0.2) is 0 Å². The van der Waals surface area contributed by atoms with Crippen LogP contribution in [0, 0.1) is 0 Å². The molecule has 0 saturated heterocycles. The molecule has 0 radical (unpaired) electrons. The van der Waals surface area contributed by atoms with Crippen LogP contribution >= 0.6 is 0 Å². The summed E-state index contributed by atoms with van der Waals surface area (Å²) in [5.74, 6) is -0.0889. The van der Waals surface area contributed by atoms with E-state index in [-0.39, 0.29) is 18.6 Å². The summed E-state index contributed by atoms with van der Waals surface area (Å²) in [6, 6.07) is 0. The summed E-state index contributed by atoms with van der Waals surface area (Å²) in [5.41, 5.74) is 5.28. The molecule has 1 atom stereocenters. The summed E-state index contributed by atoms with van der Waals surface area (Å²) >= 11 is 0. The highest BCUT2D eigenvalue weighted by Gasteiger charge is 2.05. The van der Waals surface area contributed by atoms with Gasteiger partial charge in [0.1, 0.15) is 6.61 Å².